The fourth-order valence-electron chi connectivity index (χ4n) is 3.13. The van der Waals surface area contributed by atoms with E-state index in [1.54, 1.807) is 18.5 Å². The largest absolute Gasteiger partial charge is 0.352 e. The fourth-order valence-corrected chi connectivity index (χ4v) is 3.13. The summed E-state index contributed by atoms with van der Waals surface area (Å²) in [6.07, 6.45) is 3.04. The van der Waals surface area contributed by atoms with Crippen molar-refractivity contribution in [2.24, 2.45) is 0 Å². The van der Waals surface area contributed by atoms with Crippen molar-refractivity contribution in [2.45, 2.75) is 0 Å². The summed E-state index contributed by atoms with van der Waals surface area (Å²) in [4.78, 5) is 29.3. The van der Waals surface area contributed by atoms with Gasteiger partial charge in [0.15, 0.2) is 0 Å². The fraction of sp³-hybridized carbons (Fsp3) is 0.211. The molecule has 4 rings (SSSR count). The van der Waals surface area contributed by atoms with Gasteiger partial charge in [0.2, 0.25) is 0 Å². The highest BCUT2D eigenvalue weighted by Crippen LogP contribution is 2.23. The van der Waals surface area contributed by atoms with E-state index in [1.807, 2.05) is 35.2 Å². The Morgan fingerprint density at radius 3 is 2.54 bits per heavy atom. The first-order valence-electron chi connectivity index (χ1n) is 8.36. The van der Waals surface area contributed by atoms with Gasteiger partial charge in [-0.2, -0.15) is 5.26 Å². The minimum absolute atomic E-state index is 0.0609. The second-order valence-corrected chi connectivity index (χ2v) is 6.04. The number of benzene rings is 1. The molecule has 3 aromatic rings. The zero-order valence-electron chi connectivity index (χ0n) is 14.0. The van der Waals surface area contributed by atoms with Crippen LogP contribution < -0.4 is 4.90 Å². The molecule has 7 heteroatoms. The summed E-state index contributed by atoms with van der Waals surface area (Å²) >= 11 is 0. The van der Waals surface area contributed by atoms with Crippen molar-refractivity contribution in [3.63, 3.8) is 0 Å². The van der Waals surface area contributed by atoms with Crippen molar-refractivity contribution < 1.29 is 4.79 Å². The standard InChI is InChI=1S/C19H16N6O/c20-11-15-6-5-14(12-21-15)19(26)25-9-7-24(8-10-25)18-16-3-1-2-4-17(16)22-13-23-18/h1-6,12-13H,7-10H2. The van der Waals surface area contributed by atoms with Crippen LogP contribution in [0.1, 0.15) is 16.1 Å². The van der Waals surface area contributed by atoms with Crippen LogP contribution >= 0.6 is 0 Å². The molecule has 0 radical (unpaired) electrons. The number of para-hydroxylation sites is 1. The molecular weight excluding hydrogens is 328 g/mol. The lowest BCUT2D eigenvalue weighted by molar-refractivity contribution is 0.0746. The first kappa shape index (κ1) is 16.0. The molecular formula is C19H16N6O. The van der Waals surface area contributed by atoms with E-state index in [9.17, 15) is 4.79 Å². The molecule has 1 fully saturated rings. The van der Waals surface area contributed by atoms with E-state index in [0.29, 0.717) is 37.4 Å². The Bertz CT molecular complexity index is 982. The monoisotopic (exact) mass is 344 g/mol. The van der Waals surface area contributed by atoms with Crippen LogP contribution in [0.4, 0.5) is 5.82 Å². The molecule has 0 spiro atoms. The number of anilines is 1. The van der Waals surface area contributed by atoms with Gasteiger partial charge in [-0.1, -0.05) is 12.1 Å². The minimum atomic E-state index is -0.0609. The van der Waals surface area contributed by atoms with E-state index in [-0.39, 0.29) is 5.91 Å². The van der Waals surface area contributed by atoms with Gasteiger partial charge in [0, 0.05) is 37.8 Å². The van der Waals surface area contributed by atoms with Crippen LogP contribution in [0.15, 0.2) is 48.9 Å². The number of carbonyl (C=O) groups is 1. The van der Waals surface area contributed by atoms with Crippen molar-refractivity contribution >= 4 is 22.6 Å². The molecule has 3 heterocycles. The van der Waals surface area contributed by atoms with Crippen molar-refractivity contribution in [1.29, 1.82) is 5.26 Å². The summed E-state index contributed by atoms with van der Waals surface area (Å²) in [6, 6.07) is 13.1. The number of fused-ring (bicyclic) bond motifs is 1. The van der Waals surface area contributed by atoms with Crippen LogP contribution in [0.25, 0.3) is 10.9 Å². The van der Waals surface area contributed by atoms with Crippen LogP contribution in [0.3, 0.4) is 0 Å². The van der Waals surface area contributed by atoms with Gasteiger partial charge in [-0.3, -0.25) is 4.79 Å². The van der Waals surface area contributed by atoms with Crippen molar-refractivity contribution in [1.82, 2.24) is 19.9 Å². The Kier molecular flexibility index (Phi) is 4.15. The molecule has 1 aliphatic rings. The first-order valence-corrected chi connectivity index (χ1v) is 8.36. The van der Waals surface area contributed by atoms with Crippen LogP contribution in [-0.4, -0.2) is 51.9 Å². The van der Waals surface area contributed by atoms with E-state index < -0.39 is 0 Å². The number of pyridine rings is 1. The lowest BCUT2D eigenvalue weighted by Crippen LogP contribution is -2.49. The predicted octanol–water partition coefficient (Wildman–Crippen LogP) is 1.86. The summed E-state index contributed by atoms with van der Waals surface area (Å²) in [6.45, 7) is 2.63. The molecule has 0 saturated carbocycles. The third-order valence-corrected chi connectivity index (χ3v) is 4.51. The van der Waals surface area contributed by atoms with Gasteiger partial charge in [0.1, 0.15) is 23.9 Å². The third-order valence-electron chi connectivity index (χ3n) is 4.51. The van der Waals surface area contributed by atoms with Crippen LogP contribution in [0, 0.1) is 11.3 Å². The lowest BCUT2D eigenvalue weighted by Gasteiger charge is -2.35. The molecule has 1 aromatic carbocycles. The summed E-state index contributed by atoms with van der Waals surface area (Å²) in [5.41, 5.74) is 1.73. The highest BCUT2D eigenvalue weighted by Gasteiger charge is 2.24. The number of hydrogen-bond acceptors (Lipinski definition) is 6. The quantitative estimate of drug-likeness (QED) is 0.705. The number of carbonyl (C=O) groups excluding carboxylic acids is 1. The maximum absolute atomic E-state index is 12.6. The van der Waals surface area contributed by atoms with E-state index in [4.69, 9.17) is 5.26 Å². The first-order chi connectivity index (χ1) is 12.8. The summed E-state index contributed by atoms with van der Waals surface area (Å²) in [5.74, 6) is 0.844. The number of rotatable bonds is 2. The molecule has 0 atom stereocenters. The molecule has 128 valence electrons. The van der Waals surface area contributed by atoms with E-state index in [2.05, 4.69) is 19.9 Å². The highest BCUT2D eigenvalue weighted by atomic mass is 16.2. The average molecular weight is 344 g/mol. The summed E-state index contributed by atoms with van der Waals surface area (Å²) in [7, 11) is 0. The van der Waals surface area contributed by atoms with Gasteiger partial charge in [-0.05, 0) is 24.3 Å². The summed E-state index contributed by atoms with van der Waals surface area (Å²) < 4.78 is 0. The average Bonchev–Trinajstić information content (AvgIpc) is 2.73. The van der Waals surface area contributed by atoms with Crippen molar-refractivity contribution in [3.05, 3.63) is 60.2 Å². The molecule has 0 bridgehead atoms. The van der Waals surface area contributed by atoms with E-state index >= 15 is 0 Å². The topological polar surface area (TPSA) is 86.0 Å². The maximum atomic E-state index is 12.6. The second-order valence-electron chi connectivity index (χ2n) is 6.04. The van der Waals surface area contributed by atoms with Crippen LogP contribution in [0.2, 0.25) is 0 Å². The van der Waals surface area contributed by atoms with Crippen molar-refractivity contribution in [3.8, 4) is 6.07 Å². The molecule has 26 heavy (non-hydrogen) atoms. The number of hydrogen-bond donors (Lipinski definition) is 0. The number of nitriles is 1. The normalized spacial score (nSPS) is 14.3. The van der Waals surface area contributed by atoms with Gasteiger partial charge in [-0.25, -0.2) is 15.0 Å². The predicted molar refractivity (Wildman–Crippen MR) is 96.6 cm³/mol. The molecule has 1 saturated heterocycles. The molecule has 0 aliphatic carbocycles. The Hall–Kier alpha value is -3.53. The second kappa shape index (κ2) is 6.76. The third kappa shape index (κ3) is 2.93. The van der Waals surface area contributed by atoms with Gasteiger partial charge >= 0.3 is 0 Å². The zero-order chi connectivity index (χ0) is 17.9. The van der Waals surface area contributed by atoms with Crippen LogP contribution in [-0.2, 0) is 0 Å². The van der Waals surface area contributed by atoms with Crippen LogP contribution in [0.5, 0.6) is 0 Å². The van der Waals surface area contributed by atoms with Gasteiger partial charge in [0.25, 0.3) is 5.91 Å². The molecule has 7 nitrogen and oxygen atoms in total. The van der Waals surface area contributed by atoms with Crippen molar-refractivity contribution in [2.75, 3.05) is 31.1 Å². The smallest absolute Gasteiger partial charge is 0.255 e. The molecule has 2 aromatic heterocycles. The lowest BCUT2D eigenvalue weighted by atomic mass is 10.2. The number of nitrogens with zero attached hydrogens (tertiary/aromatic N) is 6. The maximum Gasteiger partial charge on any atom is 0.255 e. The van der Waals surface area contributed by atoms with Gasteiger partial charge < -0.3 is 9.80 Å². The Morgan fingerprint density at radius 2 is 1.81 bits per heavy atom. The number of piperazine rings is 1. The number of amides is 1. The molecule has 1 amide bonds. The van der Waals surface area contributed by atoms with E-state index in [1.165, 1.54) is 6.20 Å². The summed E-state index contributed by atoms with van der Waals surface area (Å²) in [5, 5.41) is 9.82. The highest BCUT2D eigenvalue weighted by molar-refractivity contribution is 5.94. The Labute approximate surface area is 150 Å². The SMILES string of the molecule is N#Cc1ccc(C(=O)N2CCN(c3ncnc4ccccc34)CC2)cn1. The Balaban J connectivity index is 1.48. The van der Waals surface area contributed by atoms with Gasteiger partial charge in [-0.15, -0.1) is 0 Å². The van der Waals surface area contributed by atoms with E-state index in [0.717, 1.165) is 16.7 Å². The minimum Gasteiger partial charge on any atom is -0.352 e. The molecule has 0 N–H and O–H groups in total. The van der Waals surface area contributed by atoms with Gasteiger partial charge in [0.05, 0.1) is 11.1 Å². The number of aromatic nitrogens is 3. The Morgan fingerprint density at radius 1 is 1.00 bits per heavy atom. The zero-order valence-corrected chi connectivity index (χ0v) is 14.0. The molecule has 0 unspecified atom stereocenters. The molecule has 1 aliphatic heterocycles.